The highest BCUT2D eigenvalue weighted by Crippen LogP contribution is 2.32. The zero-order chi connectivity index (χ0) is 14.7. The molecule has 3 rings (SSSR count). The summed E-state index contributed by atoms with van der Waals surface area (Å²) in [5.41, 5.74) is 4.78. The fraction of sp³-hybridized carbons (Fsp3) is 0.700. The first-order chi connectivity index (χ1) is 10.3. The molecule has 0 radical (unpaired) electrons. The van der Waals surface area contributed by atoms with Gasteiger partial charge in [0, 0.05) is 6.04 Å². The summed E-state index contributed by atoms with van der Waals surface area (Å²) in [6, 6.07) is 7.96. The van der Waals surface area contributed by atoms with Gasteiger partial charge < -0.3 is 5.32 Å². The molecule has 1 aromatic rings. The molecule has 1 fully saturated rings. The van der Waals surface area contributed by atoms with Gasteiger partial charge in [0.1, 0.15) is 0 Å². The third-order valence-electron chi connectivity index (χ3n) is 5.71. The maximum atomic E-state index is 3.78. The fourth-order valence-corrected chi connectivity index (χ4v) is 4.36. The molecule has 1 heteroatoms. The van der Waals surface area contributed by atoms with E-state index in [0.29, 0.717) is 6.04 Å². The number of aryl methyl sites for hydroxylation is 2. The van der Waals surface area contributed by atoms with Gasteiger partial charge in [0.05, 0.1) is 0 Å². The summed E-state index contributed by atoms with van der Waals surface area (Å²) in [4.78, 5) is 0. The van der Waals surface area contributed by atoms with E-state index in [1.165, 1.54) is 51.4 Å². The first-order valence-electron chi connectivity index (χ1n) is 9.10. The molecule has 116 valence electrons. The fourth-order valence-electron chi connectivity index (χ4n) is 4.36. The summed E-state index contributed by atoms with van der Waals surface area (Å²) in [5, 5.41) is 3.78. The van der Waals surface area contributed by atoms with Gasteiger partial charge in [0.15, 0.2) is 0 Å². The van der Waals surface area contributed by atoms with Crippen LogP contribution >= 0.6 is 0 Å². The minimum Gasteiger partial charge on any atom is -0.314 e. The van der Waals surface area contributed by atoms with Crippen molar-refractivity contribution in [2.45, 2.75) is 71.3 Å². The van der Waals surface area contributed by atoms with Gasteiger partial charge in [-0.3, -0.25) is 0 Å². The number of likely N-dealkylation sites (N-methyl/N-ethyl adjacent to an activating group) is 1. The van der Waals surface area contributed by atoms with Crippen LogP contribution in [-0.2, 0) is 19.3 Å². The Morgan fingerprint density at radius 1 is 1.10 bits per heavy atom. The van der Waals surface area contributed by atoms with E-state index in [2.05, 4.69) is 37.4 Å². The van der Waals surface area contributed by atoms with E-state index in [-0.39, 0.29) is 0 Å². The lowest BCUT2D eigenvalue weighted by molar-refractivity contribution is 0.230. The average molecular weight is 285 g/mol. The number of fused-ring (bicyclic) bond motifs is 1. The molecule has 21 heavy (non-hydrogen) atoms. The van der Waals surface area contributed by atoms with Crippen LogP contribution in [0.25, 0.3) is 0 Å². The first-order valence-corrected chi connectivity index (χ1v) is 9.10. The zero-order valence-electron chi connectivity index (χ0n) is 13.8. The molecule has 1 aromatic carbocycles. The van der Waals surface area contributed by atoms with Gasteiger partial charge >= 0.3 is 0 Å². The Labute approximate surface area is 130 Å². The van der Waals surface area contributed by atoms with Crippen LogP contribution in [0.2, 0.25) is 0 Å². The van der Waals surface area contributed by atoms with Crippen molar-refractivity contribution in [3.8, 4) is 0 Å². The van der Waals surface area contributed by atoms with E-state index in [9.17, 15) is 0 Å². The highest BCUT2D eigenvalue weighted by atomic mass is 14.9. The van der Waals surface area contributed by atoms with E-state index in [1.807, 2.05) is 0 Å². The highest BCUT2D eigenvalue weighted by molar-refractivity contribution is 5.35. The second-order valence-corrected chi connectivity index (χ2v) is 7.34. The third kappa shape index (κ3) is 3.69. The van der Waals surface area contributed by atoms with Crippen molar-refractivity contribution >= 4 is 0 Å². The molecule has 1 atom stereocenters. The van der Waals surface area contributed by atoms with Crippen LogP contribution in [0.5, 0.6) is 0 Å². The van der Waals surface area contributed by atoms with Crippen LogP contribution in [0, 0.1) is 11.8 Å². The van der Waals surface area contributed by atoms with Gasteiger partial charge in [-0.15, -0.1) is 0 Å². The molecular weight excluding hydrogens is 254 g/mol. The summed E-state index contributed by atoms with van der Waals surface area (Å²) < 4.78 is 0. The topological polar surface area (TPSA) is 12.0 Å². The zero-order valence-corrected chi connectivity index (χ0v) is 13.8. The maximum absolute atomic E-state index is 3.78. The monoisotopic (exact) mass is 285 g/mol. The van der Waals surface area contributed by atoms with Gasteiger partial charge in [-0.25, -0.2) is 0 Å². The van der Waals surface area contributed by atoms with Crippen LogP contribution in [-0.4, -0.2) is 12.6 Å². The second kappa shape index (κ2) is 6.96. The summed E-state index contributed by atoms with van der Waals surface area (Å²) in [6.45, 7) is 5.77. The summed E-state index contributed by atoms with van der Waals surface area (Å²) in [7, 11) is 0. The lowest BCUT2D eigenvalue weighted by Crippen LogP contribution is -2.39. The molecule has 1 nitrogen and oxygen atoms in total. The Balaban J connectivity index is 1.67. The van der Waals surface area contributed by atoms with E-state index in [0.717, 1.165) is 18.4 Å². The van der Waals surface area contributed by atoms with Crippen molar-refractivity contribution in [1.82, 2.24) is 5.32 Å². The van der Waals surface area contributed by atoms with Gasteiger partial charge in [0.2, 0.25) is 0 Å². The molecule has 0 aromatic heterocycles. The molecule has 0 saturated heterocycles. The van der Waals surface area contributed by atoms with Crippen molar-refractivity contribution < 1.29 is 0 Å². The smallest absolute Gasteiger partial charge is 0.0136 e. The summed E-state index contributed by atoms with van der Waals surface area (Å²) in [6.07, 6.45) is 10.9. The molecule has 1 saturated carbocycles. The lowest BCUT2D eigenvalue weighted by Gasteiger charge is -2.33. The van der Waals surface area contributed by atoms with Crippen molar-refractivity contribution in [1.29, 1.82) is 0 Å². The molecule has 0 bridgehead atoms. The lowest BCUT2D eigenvalue weighted by atomic mass is 9.77. The number of hydrogen-bond donors (Lipinski definition) is 1. The summed E-state index contributed by atoms with van der Waals surface area (Å²) in [5.74, 6) is 1.83. The predicted octanol–water partition coefficient (Wildman–Crippen LogP) is 4.52. The van der Waals surface area contributed by atoms with Crippen LogP contribution < -0.4 is 5.32 Å². The number of nitrogens with one attached hydrogen (secondary N) is 1. The van der Waals surface area contributed by atoms with Gasteiger partial charge in [-0.1, -0.05) is 44.9 Å². The molecule has 0 heterocycles. The number of hydrogen-bond acceptors (Lipinski definition) is 1. The van der Waals surface area contributed by atoms with Crippen LogP contribution in [0.3, 0.4) is 0 Å². The third-order valence-corrected chi connectivity index (χ3v) is 5.71. The normalized spacial score (nSPS) is 26.6. The molecule has 0 amide bonds. The van der Waals surface area contributed by atoms with Crippen LogP contribution in [0.4, 0.5) is 0 Å². The predicted molar refractivity (Wildman–Crippen MR) is 90.8 cm³/mol. The van der Waals surface area contributed by atoms with Crippen LogP contribution in [0.15, 0.2) is 18.2 Å². The Kier molecular flexibility index (Phi) is 5.00. The Morgan fingerprint density at radius 2 is 1.86 bits per heavy atom. The Bertz CT molecular complexity index is 457. The van der Waals surface area contributed by atoms with Gasteiger partial charge in [-0.2, -0.15) is 0 Å². The molecular formula is C20H31N. The molecule has 0 aliphatic heterocycles. The second-order valence-electron chi connectivity index (χ2n) is 7.34. The van der Waals surface area contributed by atoms with Gasteiger partial charge in [-0.05, 0) is 73.6 Å². The number of rotatable bonds is 5. The van der Waals surface area contributed by atoms with E-state index in [1.54, 1.807) is 16.7 Å². The quantitative estimate of drug-likeness (QED) is 0.838. The largest absolute Gasteiger partial charge is 0.314 e. The average Bonchev–Trinajstić information content (AvgIpc) is 2.95. The van der Waals surface area contributed by atoms with Crippen molar-refractivity contribution in [2.75, 3.05) is 6.54 Å². The van der Waals surface area contributed by atoms with Crippen molar-refractivity contribution in [3.63, 3.8) is 0 Å². The SMILES string of the molecule is CCNC(Cc1ccc2c(c1)CCC2)C1CCC(C)CC1. The van der Waals surface area contributed by atoms with E-state index >= 15 is 0 Å². The maximum Gasteiger partial charge on any atom is 0.0136 e. The van der Waals surface area contributed by atoms with Crippen LogP contribution in [0.1, 0.15) is 62.6 Å². The number of benzene rings is 1. The Hall–Kier alpha value is -0.820. The minimum absolute atomic E-state index is 0.682. The molecule has 1 unspecified atom stereocenters. The van der Waals surface area contributed by atoms with E-state index < -0.39 is 0 Å². The molecule has 2 aliphatic carbocycles. The Morgan fingerprint density at radius 3 is 2.62 bits per heavy atom. The minimum atomic E-state index is 0.682. The molecule has 1 N–H and O–H groups in total. The standard InChI is InChI=1S/C20H31N/c1-3-21-20(18-10-7-15(2)8-11-18)14-16-9-12-17-5-4-6-19(17)13-16/h9,12-13,15,18,20-21H,3-8,10-11,14H2,1-2H3. The molecule has 2 aliphatic rings. The van der Waals surface area contributed by atoms with E-state index in [4.69, 9.17) is 0 Å². The highest BCUT2D eigenvalue weighted by Gasteiger charge is 2.26. The summed E-state index contributed by atoms with van der Waals surface area (Å²) >= 11 is 0. The molecule has 0 spiro atoms. The van der Waals surface area contributed by atoms with Gasteiger partial charge in [0.25, 0.3) is 0 Å². The van der Waals surface area contributed by atoms with Crippen molar-refractivity contribution in [2.24, 2.45) is 11.8 Å². The first kappa shape index (κ1) is 15.1. The van der Waals surface area contributed by atoms with Crippen molar-refractivity contribution in [3.05, 3.63) is 34.9 Å².